The molecule has 0 aliphatic heterocycles. The number of hydrogen-bond acceptors (Lipinski definition) is 4. The zero-order chi connectivity index (χ0) is 23.4. The highest BCUT2D eigenvalue weighted by Gasteiger charge is 2.25. The molecule has 2 aromatic carbocycles. The number of nitrogens with one attached hydrogen (secondary N) is 1. The fourth-order valence-corrected chi connectivity index (χ4v) is 4.38. The molecule has 0 radical (unpaired) electrons. The van der Waals surface area contributed by atoms with Gasteiger partial charge in [-0.2, -0.15) is 0 Å². The molecular weight excluding hydrogens is 418 g/mol. The summed E-state index contributed by atoms with van der Waals surface area (Å²) in [6, 6.07) is 14.4. The van der Waals surface area contributed by atoms with Gasteiger partial charge in [0.1, 0.15) is 0 Å². The Hall–Kier alpha value is -3.68. The van der Waals surface area contributed by atoms with Crippen molar-refractivity contribution in [2.24, 2.45) is 11.7 Å². The second-order valence-electron chi connectivity index (χ2n) is 8.53. The van der Waals surface area contributed by atoms with E-state index in [2.05, 4.69) is 10.3 Å². The van der Waals surface area contributed by atoms with E-state index in [1.807, 2.05) is 24.3 Å². The number of imidazole rings is 1. The molecule has 1 aliphatic rings. The van der Waals surface area contributed by atoms with Gasteiger partial charge in [0.2, 0.25) is 17.8 Å². The Kier molecular flexibility index (Phi) is 6.72. The first-order valence-electron chi connectivity index (χ1n) is 11.4. The van der Waals surface area contributed by atoms with Crippen LogP contribution in [0.3, 0.4) is 0 Å². The zero-order valence-electron chi connectivity index (χ0n) is 18.8. The van der Waals surface area contributed by atoms with Crippen molar-refractivity contribution in [1.29, 1.82) is 0 Å². The average Bonchev–Trinajstić information content (AvgIpc) is 3.18. The fourth-order valence-electron chi connectivity index (χ4n) is 4.38. The lowest BCUT2D eigenvalue weighted by atomic mass is 9.88. The molecule has 33 heavy (non-hydrogen) atoms. The number of aryl methyl sites for hydroxylation is 1. The molecule has 0 bridgehead atoms. The van der Waals surface area contributed by atoms with Crippen molar-refractivity contribution in [3.8, 4) is 0 Å². The minimum absolute atomic E-state index is 0.0632. The van der Waals surface area contributed by atoms with E-state index in [0.29, 0.717) is 17.0 Å². The maximum absolute atomic E-state index is 13.0. The van der Waals surface area contributed by atoms with Crippen molar-refractivity contribution >= 4 is 40.4 Å². The van der Waals surface area contributed by atoms with Crippen LogP contribution in [0.15, 0.2) is 48.5 Å². The van der Waals surface area contributed by atoms with E-state index < -0.39 is 5.91 Å². The summed E-state index contributed by atoms with van der Waals surface area (Å²) in [4.78, 5) is 43.4. The summed E-state index contributed by atoms with van der Waals surface area (Å²) in [5, 5.41) is 2.84. The molecule has 0 unspecified atom stereocenters. The van der Waals surface area contributed by atoms with Gasteiger partial charge >= 0.3 is 0 Å². The standard InChI is InChI=1S/C25H29N5O3/c1-29(24(33)18-10-6-3-7-11-18)19-12-13-21-20(16-19)27-25(30(21)15-14-22(26)31)28-23(32)17-8-4-2-5-9-17/h2,4-5,8-9,12-13,16,18H,3,6-7,10-11,14-15H2,1H3,(H2,26,31)(H,27,28,32). The Labute approximate surface area is 192 Å². The number of fused-ring (bicyclic) bond motifs is 1. The van der Waals surface area contributed by atoms with Crippen molar-refractivity contribution in [1.82, 2.24) is 9.55 Å². The average molecular weight is 448 g/mol. The smallest absolute Gasteiger partial charge is 0.257 e. The monoisotopic (exact) mass is 447 g/mol. The van der Waals surface area contributed by atoms with Gasteiger partial charge in [-0.25, -0.2) is 4.98 Å². The lowest BCUT2D eigenvalue weighted by molar-refractivity contribution is -0.123. The molecule has 0 saturated heterocycles. The molecule has 8 heteroatoms. The number of hydrogen-bond donors (Lipinski definition) is 2. The second kappa shape index (κ2) is 9.85. The summed E-state index contributed by atoms with van der Waals surface area (Å²) >= 11 is 0. The SMILES string of the molecule is CN(C(=O)C1CCCCC1)c1ccc2c(c1)nc(NC(=O)c1ccccc1)n2CCC(N)=O. The van der Waals surface area contributed by atoms with Gasteiger partial charge in [-0.05, 0) is 43.2 Å². The van der Waals surface area contributed by atoms with Crippen LogP contribution >= 0.6 is 0 Å². The number of amides is 3. The van der Waals surface area contributed by atoms with E-state index >= 15 is 0 Å². The first kappa shape index (κ1) is 22.5. The van der Waals surface area contributed by atoms with Gasteiger partial charge in [-0.1, -0.05) is 37.5 Å². The molecule has 3 aromatic rings. The lowest BCUT2D eigenvalue weighted by Gasteiger charge is -2.26. The van der Waals surface area contributed by atoms with Crippen LogP contribution in [0.4, 0.5) is 11.6 Å². The summed E-state index contributed by atoms with van der Waals surface area (Å²) < 4.78 is 1.77. The maximum Gasteiger partial charge on any atom is 0.257 e. The van der Waals surface area contributed by atoms with E-state index in [1.54, 1.807) is 40.8 Å². The molecule has 1 saturated carbocycles. The summed E-state index contributed by atoms with van der Waals surface area (Å²) in [7, 11) is 1.79. The summed E-state index contributed by atoms with van der Waals surface area (Å²) in [6.45, 7) is 0.284. The number of carbonyl (C=O) groups is 3. The molecule has 4 rings (SSSR count). The van der Waals surface area contributed by atoms with Crippen LogP contribution in [0.5, 0.6) is 0 Å². The largest absolute Gasteiger partial charge is 0.370 e. The molecule has 1 aliphatic carbocycles. The molecule has 8 nitrogen and oxygen atoms in total. The number of nitrogens with two attached hydrogens (primary N) is 1. The highest BCUT2D eigenvalue weighted by Crippen LogP contribution is 2.29. The molecule has 3 N–H and O–H groups in total. The molecule has 0 atom stereocenters. The van der Waals surface area contributed by atoms with Crippen LogP contribution in [0.25, 0.3) is 11.0 Å². The molecule has 0 spiro atoms. The topological polar surface area (TPSA) is 110 Å². The summed E-state index contributed by atoms with van der Waals surface area (Å²) in [5.41, 5.74) is 7.99. The van der Waals surface area contributed by atoms with Crippen LogP contribution < -0.4 is 16.0 Å². The molecule has 3 amide bonds. The number of primary amides is 1. The lowest BCUT2D eigenvalue weighted by Crippen LogP contribution is -2.33. The molecular formula is C25H29N5O3. The summed E-state index contributed by atoms with van der Waals surface area (Å²) in [6.07, 6.45) is 5.36. The van der Waals surface area contributed by atoms with Crippen molar-refractivity contribution < 1.29 is 14.4 Å². The van der Waals surface area contributed by atoms with Gasteiger partial charge in [-0.3, -0.25) is 19.7 Å². The van der Waals surface area contributed by atoms with Crippen LogP contribution in [0.1, 0.15) is 48.9 Å². The number of nitrogens with zero attached hydrogens (tertiary/aromatic N) is 3. The molecule has 172 valence electrons. The molecule has 1 heterocycles. The van der Waals surface area contributed by atoms with Crippen molar-refractivity contribution in [3.63, 3.8) is 0 Å². The Balaban J connectivity index is 1.64. The summed E-state index contributed by atoms with van der Waals surface area (Å²) in [5.74, 6) is -0.214. The first-order valence-corrected chi connectivity index (χ1v) is 11.4. The minimum atomic E-state index is -0.438. The predicted octanol–water partition coefficient (Wildman–Crippen LogP) is 3.71. The Morgan fingerprint density at radius 1 is 1.09 bits per heavy atom. The van der Waals surface area contributed by atoms with E-state index in [4.69, 9.17) is 5.73 Å². The van der Waals surface area contributed by atoms with Gasteiger partial charge in [0, 0.05) is 37.2 Å². The normalized spacial score (nSPS) is 14.2. The fraction of sp³-hybridized carbons (Fsp3) is 0.360. The predicted molar refractivity (Wildman–Crippen MR) is 128 cm³/mol. The number of benzene rings is 2. The van der Waals surface area contributed by atoms with Gasteiger partial charge < -0.3 is 15.2 Å². The quantitative estimate of drug-likeness (QED) is 0.575. The third kappa shape index (κ3) is 5.05. The second-order valence-corrected chi connectivity index (χ2v) is 8.53. The Morgan fingerprint density at radius 3 is 2.52 bits per heavy atom. The number of aromatic nitrogens is 2. The highest BCUT2D eigenvalue weighted by molar-refractivity contribution is 6.04. The third-order valence-corrected chi connectivity index (χ3v) is 6.25. The number of carbonyl (C=O) groups excluding carboxylic acids is 3. The van der Waals surface area contributed by atoms with Crippen molar-refractivity contribution in [2.75, 3.05) is 17.3 Å². The maximum atomic E-state index is 13.0. The van der Waals surface area contributed by atoms with Gasteiger partial charge in [0.25, 0.3) is 5.91 Å². The Bertz CT molecular complexity index is 1170. The van der Waals surface area contributed by atoms with Crippen molar-refractivity contribution in [3.05, 3.63) is 54.1 Å². The van der Waals surface area contributed by atoms with Crippen LogP contribution in [0, 0.1) is 5.92 Å². The van der Waals surface area contributed by atoms with Crippen LogP contribution in [-0.2, 0) is 16.1 Å². The molecule has 1 fully saturated rings. The van der Waals surface area contributed by atoms with E-state index in [9.17, 15) is 14.4 Å². The Morgan fingerprint density at radius 2 is 1.82 bits per heavy atom. The molecule has 1 aromatic heterocycles. The van der Waals surface area contributed by atoms with Gasteiger partial charge in [0.05, 0.1) is 11.0 Å². The minimum Gasteiger partial charge on any atom is -0.370 e. The van der Waals surface area contributed by atoms with Crippen molar-refractivity contribution in [2.45, 2.75) is 45.1 Å². The van der Waals surface area contributed by atoms with E-state index in [0.717, 1.165) is 36.9 Å². The van der Waals surface area contributed by atoms with E-state index in [-0.39, 0.29) is 30.7 Å². The highest BCUT2D eigenvalue weighted by atomic mass is 16.2. The zero-order valence-corrected chi connectivity index (χ0v) is 18.8. The number of anilines is 2. The number of rotatable bonds is 7. The first-order chi connectivity index (χ1) is 15.9. The third-order valence-electron chi connectivity index (χ3n) is 6.25. The van der Waals surface area contributed by atoms with Gasteiger partial charge in [0.15, 0.2) is 0 Å². The van der Waals surface area contributed by atoms with Crippen LogP contribution in [-0.4, -0.2) is 34.3 Å². The van der Waals surface area contributed by atoms with Gasteiger partial charge in [-0.15, -0.1) is 0 Å². The van der Waals surface area contributed by atoms with E-state index in [1.165, 1.54) is 6.42 Å². The van der Waals surface area contributed by atoms with Crippen LogP contribution in [0.2, 0.25) is 0 Å².